The highest BCUT2D eigenvalue weighted by Crippen LogP contribution is 2.29. The number of aliphatic hydroxyl groups is 1. The van der Waals surface area contributed by atoms with E-state index in [0.717, 1.165) is 12.1 Å². The molecule has 0 fully saturated rings. The smallest absolute Gasteiger partial charge is 0.194 e. The molecule has 0 aliphatic rings. The summed E-state index contributed by atoms with van der Waals surface area (Å²) in [6.07, 6.45) is -1.22. The van der Waals surface area contributed by atoms with E-state index in [9.17, 15) is 18.3 Å². The first-order chi connectivity index (χ1) is 9.93. The summed E-state index contributed by atoms with van der Waals surface area (Å²) in [7, 11) is 1.52. The van der Waals surface area contributed by atoms with Crippen LogP contribution in [0, 0.1) is 17.5 Å². The molecule has 0 saturated carbocycles. The van der Waals surface area contributed by atoms with Crippen LogP contribution in [0.2, 0.25) is 0 Å². The second-order valence-electron chi connectivity index (χ2n) is 4.45. The van der Waals surface area contributed by atoms with Crippen LogP contribution in [-0.4, -0.2) is 12.2 Å². The van der Waals surface area contributed by atoms with Crippen LogP contribution in [0.25, 0.3) is 0 Å². The maximum atomic E-state index is 13.6. The van der Waals surface area contributed by atoms with Gasteiger partial charge >= 0.3 is 0 Å². The molecule has 112 valence electrons. The van der Waals surface area contributed by atoms with Crippen LogP contribution in [0.15, 0.2) is 34.8 Å². The summed E-state index contributed by atoms with van der Waals surface area (Å²) < 4.78 is 45.4. The number of halogens is 4. The van der Waals surface area contributed by atoms with Gasteiger partial charge in [0.2, 0.25) is 0 Å². The van der Waals surface area contributed by atoms with E-state index in [1.807, 2.05) is 0 Å². The lowest BCUT2D eigenvalue weighted by Crippen LogP contribution is -2.07. The molecule has 0 radical (unpaired) electrons. The molecule has 1 N–H and O–H groups in total. The largest absolute Gasteiger partial charge is 0.496 e. The van der Waals surface area contributed by atoms with Crippen LogP contribution in [-0.2, 0) is 6.42 Å². The van der Waals surface area contributed by atoms with Crippen molar-refractivity contribution in [2.75, 3.05) is 7.11 Å². The number of ether oxygens (including phenoxy) is 1. The average Bonchev–Trinajstić information content (AvgIpc) is 2.45. The Morgan fingerprint density at radius 3 is 2.48 bits per heavy atom. The summed E-state index contributed by atoms with van der Waals surface area (Å²) in [6.45, 7) is 0. The quantitative estimate of drug-likeness (QED) is 0.830. The molecule has 2 aromatic carbocycles. The van der Waals surface area contributed by atoms with E-state index in [-0.39, 0.29) is 12.0 Å². The second kappa shape index (κ2) is 6.49. The molecular weight excluding hydrogens is 349 g/mol. The zero-order valence-electron chi connectivity index (χ0n) is 11.0. The van der Waals surface area contributed by atoms with E-state index in [1.165, 1.54) is 7.11 Å². The fourth-order valence-electron chi connectivity index (χ4n) is 1.97. The molecule has 0 spiro atoms. The Balaban J connectivity index is 2.24. The number of rotatable bonds is 4. The van der Waals surface area contributed by atoms with Crippen LogP contribution in [0.5, 0.6) is 5.75 Å². The summed E-state index contributed by atoms with van der Waals surface area (Å²) in [6, 6.07) is 6.93. The van der Waals surface area contributed by atoms with Gasteiger partial charge in [-0.05, 0) is 39.7 Å². The lowest BCUT2D eigenvalue weighted by molar-refractivity contribution is 0.172. The molecule has 0 amide bonds. The van der Waals surface area contributed by atoms with Gasteiger partial charge < -0.3 is 9.84 Å². The zero-order chi connectivity index (χ0) is 15.6. The lowest BCUT2D eigenvalue weighted by atomic mass is 10.0. The Morgan fingerprint density at radius 2 is 1.86 bits per heavy atom. The molecule has 21 heavy (non-hydrogen) atoms. The summed E-state index contributed by atoms with van der Waals surface area (Å²) in [5, 5.41) is 10.0. The van der Waals surface area contributed by atoms with E-state index < -0.39 is 23.6 Å². The first-order valence-electron chi connectivity index (χ1n) is 6.08. The Labute approximate surface area is 128 Å². The molecule has 2 nitrogen and oxygen atoms in total. The topological polar surface area (TPSA) is 29.5 Å². The van der Waals surface area contributed by atoms with Crippen molar-refractivity contribution in [2.45, 2.75) is 12.5 Å². The SMILES string of the molecule is COc1ccc(CC(O)c2ccc(F)c(F)c2F)cc1Br. The van der Waals surface area contributed by atoms with E-state index in [2.05, 4.69) is 15.9 Å². The first kappa shape index (κ1) is 15.9. The Morgan fingerprint density at radius 1 is 1.14 bits per heavy atom. The van der Waals surface area contributed by atoms with Gasteiger partial charge in [-0.25, -0.2) is 13.2 Å². The second-order valence-corrected chi connectivity index (χ2v) is 5.31. The molecule has 2 aromatic rings. The third-order valence-corrected chi connectivity index (χ3v) is 3.69. The summed E-state index contributed by atoms with van der Waals surface area (Å²) in [4.78, 5) is 0. The van der Waals surface area contributed by atoms with Crippen LogP contribution in [0.1, 0.15) is 17.2 Å². The highest BCUT2D eigenvalue weighted by Gasteiger charge is 2.19. The first-order valence-corrected chi connectivity index (χ1v) is 6.87. The van der Waals surface area contributed by atoms with Crippen molar-refractivity contribution in [3.05, 3.63) is 63.4 Å². The van der Waals surface area contributed by atoms with Gasteiger partial charge in [0.05, 0.1) is 17.7 Å². The summed E-state index contributed by atoms with van der Waals surface area (Å²) >= 11 is 3.30. The predicted octanol–water partition coefficient (Wildman–Crippen LogP) is 4.15. The molecule has 0 aromatic heterocycles. The van der Waals surface area contributed by atoms with E-state index in [0.29, 0.717) is 15.8 Å². The molecule has 6 heteroatoms. The third-order valence-electron chi connectivity index (χ3n) is 3.07. The third kappa shape index (κ3) is 3.39. The number of hydrogen-bond donors (Lipinski definition) is 1. The molecule has 1 unspecified atom stereocenters. The van der Waals surface area contributed by atoms with Crippen LogP contribution >= 0.6 is 15.9 Å². The summed E-state index contributed by atoms with van der Waals surface area (Å²) in [5.41, 5.74) is 0.417. The minimum absolute atomic E-state index is 0.0601. The van der Waals surface area contributed by atoms with Gasteiger partial charge in [0.15, 0.2) is 17.5 Å². The number of methoxy groups -OCH3 is 1. The Hall–Kier alpha value is -1.53. The molecule has 0 aliphatic carbocycles. The normalized spacial score (nSPS) is 12.3. The van der Waals surface area contributed by atoms with E-state index in [4.69, 9.17) is 4.74 Å². The molecule has 0 aliphatic heterocycles. The maximum Gasteiger partial charge on any atom is 0.194 e. The number of benzene rings is 2. The maximum absolute atomic E-state index is 13.6. The van der Waals surface area contributed by atoms with Gasteiger partial charge in [-0.15, -0.1) is 0 Å². The van der Waals surface area contributed by atoms with Crippen molar-refractivity contribution in [3.63, 3.8) is 0 Å². The van der Waals surface area contributed by atoms with Crippen LogP contribution in [0.4, 0.5) is 13.2 Å². The molecule has 0 heterocycles. The van der Waals surface area contributed by atoms with Crippen molar-refractivity contribution in [1.82, 2.24) is 0 Å². The standard InChI is InChI=1S/C15H12BrF3O2/c1-21-13-5-2-8(6-10(13)16)7-12(20)9-3-4-11(17)15(19)14(9)18/h2-6,12,20H,7H2,1H3. The highest BCUT2D eigenvalue weighted by molar-refractivity contribution is 9.10. The fraction of sp³-hybridized carbons (Fsp3) is 0.200. The minimum atomic E-state index is -1.58. The van der Waals surface area contributed by atoms with Gasteiger partial charge in [-0.2, -0.15) is 0 Å². The van der Waals surface area contributed by atoms with Crippen molar-refractivity contribution in [2.24, 2.45) is 0 Å². The van der Waals surface area contributed by atoms with Crippen molar-refractivity contribution < 1.29 is 23.0 Å². The Kier molecular flexibility index (Phi) is 4.90. The van der Waals surface area contributed by atoms with Crippen molar-refractivity contribution in [3.8, 4) is 5.75 Å². The predicted molar refractivity (Wildman–Crippen MR) is 75.7 cm³/mol. The molecular formula is C15H12BrF3O2. The van der Waals surface area contributed by atoms with Gasteiger partial charge in [0.1, 0.15) is 5.75 Å². The number of aliphatic hydroxyl groups excluding tert-OH is 1. The van der Waals surface area contributed by atoms with Gasteiger partial charge in [0.25, 0.3) is 0 Å². The van der Waals surface area contributed by atoms with Gasteiger partial charge in [0, 0.05) is 12.0 Å². The van der Waals surface area contributed by atoms with Crippen LogP contribution < -0.4 is 4.74 Å². The lowest BCUT2D eigenvalue weighted by Gasteiger charge is -2.13. The molecule has 0 bridgehead atoms. The zero-order valence-corrected chi connectivity index (χ0v) is 12.6. The van der Waals surface area contributed by atoms with Gasteiger partial charge in [-0.1, -0.05) is 12.1 Å². The average molecular weight is 361 g/mol. The van der Waals surface area contributed by atoms with E-state index in [1.54, 1.807) is 18.2 Å². The number of hydrogen-bond acceptors (Lipinski definition) is 2. The monoisotopic (exact) mass is 360 g/mol. The molecule has 2 rings (SSSR count). The Bertz CT molecular complexity index is 662. The van der Waals surface area contributed by atoms with Crippen molar-refractivity contribution in [1.29, 1.82) is 0 Å². The molecule has 0 saturated heterocycles. The van der Waals surface area contributed by atoms with E-state index >= 15 is 0 Å². The summed E-state index contributed by atoms with van der Waals surface area (Å²) in [5.74, 6) is -3.61. The van der Waals surface area contributed by atoms with Crippen molar-refractivity contribution >= 4 is 15.9 Å². The fourth-order valence-corrected chi connectivity index (χ4v) is 2.56. The minimum Gasteiger partial charge on any atom is -0.496 e. The van der Waals surface area contributed by atoms with Gasteiger partial charge in [-0.3, -0.25) is 0 Å². The van der Waals surface area contributed by atoms with Crippen LogP contribution in [0.3, 0.4) is 0 Å². The molecule has 1 atom stereocenters. The highest BCUT2D eigenvalue weighted by atomic mass is 79.9.